The molecule has 0 aliphatic heterocycles. The Labute approximate surface area is 115 Å². The number of likely N-dealkylation sites (N-methyl/N-ethyl adjacent to an activating group) is 1. The van der Waals surface area contributed by atoms with Crippen molar-refractivity contribution < 1.29 is 4.74 Å². The van der Waals surface area contributed by atoms with Crippen molar-refractivity contribution in [3.8, 4) is 5.88 Å². The Kier molecular flexibility index (Phi) is 4.47. The fraction of sp³-hybridized carbons (Fsp3) is 0.643. The van der Waals surface area contributed by atoms with E-state index in [4.69, 9.17) is 10.5 Å². The molecule has 1 saturated carbocycles. The van der Waals surface area contributed by atoms with Gasteiger partial charge in [0.15, 0.2) is 0 Å². The fourth-order valence-corrected chi connectivity index (χ4v) is 1.97. The normalized spacial score (nSPS) is 16.4. The van der Waals surface area contributed by atoms with Gasteiger partial charge in [0.05, 0.1) is 12.3 Å². The molecule has 1 aromatic heterocycles. The third-order valence-corrected chi connectivity index (χ3v) is 3.08. The molecule has 1 heterocycles. The number of aromatic nitrogens is 1. The number of hydrogen-bond donors (Lipinski definition) is 2. The largest absolute Gasteiger partial charge is 0.476 e. The lowest BCUT2D eigenvalue weighted by molar-refractivity contribution is 0.290. The molecule has 0 bridgehead atoms. The molecule has 1 fully saturated rings. The quantitative estimate of drug-likeness (QED) is 0.786. The second kappa shape index (κ2) is 6.10. The Morgan fingerprint density at radius 3 is 2.84 bits per heavy atom. The van der Waals surface area contributed by atoms with Gasteiger partial charge in [-0.1, -0.05) is 0 Å². The van der Waals surface area contributed by atoms with Gasteiger partial charge in [-0.2, -0.15) is 4.98 Å². The second-order valence-electron chi connectivity index (χ2n) is 5.65. The van der Waals surface area contributed by atoms with Crippen LogP contribution in [-0.4, -0.2) is 43.2 Å². The average molecular weight is 264 g/mol. The van der Waals surface area contributed by atoms with E-state index in [0.29, 0.717) is 23.5 Å². The monoisotopic (exact) mass is 264 g/mol. The fourth-order valence-electron chi connectivity index (χ4n) is 1.97. The first kappa shape index (κ1) is 13.9. The lowest BCUT2D eigenvalue weighted by Gasteiger charge is -2.19. The molecule has 1 atom stereocenters. The highest BCUT2D eigenvalue weighted by molar-refractivity contribution is 5.53. The van der Waals surface area contributed by atoms with Crippen LogP contribution < -0.4 is 15.8 Å². The molecule has 2 rings (SSSR count). The minimum atomic E-state index is 0.322. The molecule has 0 radical (unpaired) electrons. The van der Waals surface area contributed by atoms with Crippen LogP contribution in [0.4, 0.5) is 11.5 Å². The lowest BCUT2D eigenvalue weighted by atomic mass is 10.3. The zero-order chi connectivity index (χ0) is 13.8. The van der Waals surface area contributed by atoms with Crippen molar-refractivity contribution in [2.75, 3.05) is 38.3 Å². The summed E-state index contributed by atoms with van der Waals surface area (Å²) in [5.41, 5.74) is 6.49. The predicted octanol–water partition coefficient (Wildman–Crippen LogP) is 1.81. The highest BCUT2D eigenvalue weighted by Gasteiger charge is 2.22. The molecule has 0 amide bonds. The molecule has 0 saturated heterocycles. The summed E-state index contributed by atoms with van der Waals surface area (Å²) in [6.45, 7) is 3.81. The molecule has 1 aliphatic carbocycles. The molecule has 19 heavy (non-hydrogen) atoms. The summed E-state index contributed by atoms with van der Waals surface area (Å²) in [5, 5.41) is 3.36. The second-order valence-corrected chi connectivity index (χ2v) is 5.65. The van der Waals surface area contributed by atoms with Crippen LogP contribution in [0.5, 0.6) is 5.88 Å². The summed E-state index contributed by atoms with van der Waals surface area (Å²) in [4.78, 5) is 6.58. The summed E-state index contributed by atoms with van der Waals surface area (Å²) >= 11 is 0. The van der Waals surface area contributed by atoms with Crippen LogP contribution >= 0.6 is 0 Å². The zero-order valence-corrected chi connectivity index (χ0v) is 12.0. The standard InChI is InChI=1S/C14H24N4O/c1-10(8-18(2)3)16-13-7-6-12(15)14(17-13)19-9-11-4-5-11/h6-7,10-11H,4-5,8-9,15H2,1-3H3,(H,16,17). The zero-order valence-electron chi connectivity index (χ0n) is 12.0. The van der Waals surface area contributed by atoms with Crippen molar-refractivity contribution in [3.05, 3.63) is 12.1 Å². The maximum atomic E-state index is 5.88. The highest BCUT2D eigenvalue weighted by Crippen LogP contribution is 2.30. The van der Waals surface area contributed by atoms with Crippen LogP contribution in [-0.2, 0) is 0 Å². The lowest BCUT2D eigenvalue weighted by Crippen LogP contribution is -2.30. The Bertz CT molecular complexity index is 418. The number of anilines is 2. The van der Waals surface area contributed by atoms with Crippen LogP contribution in [0.2, 0.25) is 0 Å². The van der Waals surface area contributed by atoms with Gasteiger partial charge in [0, 0.05) is 12.6 Å². The van der Waals surface area contributed by atoms with Crippen molar-refractivity contribution in [3.63, 3.8) is 0 Å². The molecule has 5 heteroatoms. The first-order valence-corrected chi connectivity index (χ1v) is 6.85. The van der Waals surface area contributed by atoms with E-state index in [9.17, 15) is 0 Å². The SMILES string of the molecule is CC(CN(C)C)Nc1ccc(N)c(OCC2CC2)n1. The van der Waals surface area contributed by atoms with E-state index in [1.54, 1.807) is 0 Å². The van der Waals surface area contributed by atoms with E-state index in [1.165, 1.54) is 12.8 Å². The molecule has 0 spiro atoms. The summed E-state index contributed by atoms with van der Waals surface area (Å²) < 4.78 is 5.68. The Hall–Kier alpha value is -1.49. The van der Waals surface area contributed by atoms with Crippen molar-refractivity contribution in [2.45, 2.75) is 25.8 Å². The maximum Gasteiger partial charge on any atom is 0.239 e. The number of ether oxygens (including phenoxy) is 1. The average Bonchev–Trinajstić information content (AvgIpc) is 3.12. The first-order valence-electron chi connectivity index (χ1n) is 6.85. The molecular formula is C14H24N4O. The molecule has 3 N–H and O–H groups in total. The maximum absolute atomic E-state index is 5.88. The molecule has 1 aliphatic rings. The topological polar surface area (TPSA) is 63.4 Å². The van der Waals surface area contributed by atoms with Crippen LogP contribution in [0.25, 0.3) is 0 Å². The van der Waals surface area contributed by atoms with Crippen LogP contribution in [0.1, 0.15) is 19.8 Å². The van der Waals surface area contributed by atoms with Gasteiger partial charge in [-0.3, -0.25) is 0 Å². The van der Waals surface area contributed by atoms with Crippen molar-refractivity contribution in [1.82, 2.24) is 9.88 Å². The predicted molar refractivity (Wildman–Crippen MR) is 78.5 cm³/mol. The van der Waals surface area contributed by atoms with Crippen LogP contribution in [0.3, 0.4) is 0 Å². The third kappa shape index (κ3) is 4.59. The highest BCUT2D eigenvalue weighted by atomic mass is 16.5. The molecule has 0 aromatic carbocycles. The van der Waals surface area contributed by atoms with E-state index < -0.39 is 0 Å². The summed E-state index contributed by atoms with van der Waals surface area (Å²) in [6.07, 6.45) is 2.52. The number of nitrogens with one attached hydrogen (secondary N) is 1. The van der Waals surface area contributed by atoms with Gasteiger partial charge in [0.25, 0.3) is 0 Å². The Balaban J connectivity index is 1.94. The minimum Gasteiger partial charge on any atom is -0.476 e. The molecule has 5 nitrogen and oxygen atoms in total. The number of nitrogens with two attached hydrogens (primary N) is 1. The van der Waals surface area contributed by atoms with Gasteiger partial charge in [0.1, 0.15) is 5.82 Å². The number of hydrogen-bond acceptors (Lipinski definition) is 5. The number of nitrogen functional groups attached to an aromatic ring is 1. The van der Waals surface area contributed by atoms with E-state index in [-0.39, 0.29) is 0 Å². The van der Waals surface area contributed by atoms with Gasteiger partial charge in [-0.05, 0) is 51.9 Å². The van der Waals surface area contributed by atoms with Crippen molar-refractivity contribution in [2.24, 2.45) is 5.92 Å². The minimum absolute atomic E-state index is 0.322. The van der Waals surface area contributed by atoms with E-state index in [0.717, 1.165) is 19.0 Å². The smallest absolute Gasteiger partial charge is 0.239 e. The van der Waals surface area contributed by atoms with E-state index in [1.807, 2.05) is 12.1 Å². The number of nitrogens with zero attached hydrogens (tertiary/aromatic N) is 2. The summed E-state index contributed by atoms with van der Waals surface area (Å²) in [6, 6.07) is 4.06. The van der Waals surface area contributed by atoms with Gasteiger partial charge in [0.2, 0.25) is 5.88 Å². The molecule has 106 valence electrons. The van der Waals surface area contributed by atoms with Crippen molar-refractivity contribution >= 4 is 11.5 Å². The van der Waals surface area contributed by atoms with Gasteiger partial charge in [-0.25, -0.2) is 0 Å². The number of pyridine rings is 1. The third-order valence-electron chi connectivity index (χ3n) is 3.08. The van der Waals surface area contributed by atoms with Gasteiger partial charge < -0.3 is 20.7 Å². The van der Waals surface area contributed by atoms with E-state index in [2.05, 4.69) is 36.2 Å². The van der Waals surface area contributed by atoms with E-state index >= 15 is 0 Å². The Morgan fingerprint density at radius 1 is 1.47 bits per heavy atom. The van der Waals surface area contributed by atoms with Gasteiger partial charge >= 0.3 is 0 Å². The van der Waals surface area contributed by atoms with Crippen LogP contribution in [0, 0.1) is 5.92 Å². The molecular weight excluding hydrogens is 240 g/mol. The van der Waals surface area contributed by atoms with Crippen molar-refractivity contribution in [1.29, 1.82) is 0 Å². The first-order chi connectivity index (χ1) is 9.04. The summed E-state index contributed by atoms with van der Waals surface area (Å²) in [5.74, 6) is 2.06. The van der Waals surface area contributed by atoms with Crippen LogP contribution in [0.15, 0.2) is 12.1 Å². The molecule has 1 aromatic rings. The van der Waals surface area contributed by atoms with Gasteiger partial charge in [-0.15, -0.1) is 0 Å². The Morgan fingerprint density at radius 2 is 2.21 bits per heavy atom. The molecule has 1 unspecified atom stereocenters. The number of rotatable bonds is 7. The summed E-state index contributed by atoms with van der Waals surface area (Å²) in [7, 11) is 4.11.